The number of aliphatic carboxylic acids is 1. The number of hydrogen-bond donors (Lipinski definition) is 2. The highest BCUT2D eigenvalue weighted by Gasteiger charge is 2.41. The predicted octanol–water partition coefficient (Wildman–Crippen LogP) is 1.42. The van der Waals surface area contributed by atoms with Gasteiger partial charge in [-0.2, -0.15) is 0 Å². The second-order valence-electron chi connectivity index (χ2n) is 5.98. The Morgan fingerprint density at radius 3 is 2.58 bits per heavy atom. The van der Waals surface area contributed by atoms with Crippen molar-refractivity contribution in [2.24, 2.45) is 17.8 Å². The van der Waals surface area contributed by atoms with Crippen LogP contribution < -0.4 is 5.32 Å². The molecule has 0 spiro atoms. The quantitative estimate of drug-likeness (QED) is 0.809. The molecule has 108 valence electrons. The average molecular weight is 269 g/mol. The van der Waals surface area contributed by atoms with E-state index in [0.717, 1.165) is 19.4 Å². The summed E-state index contributed by atoms with van der Waals surface area (Å²) in [4.78, 5) is 23.4. The van der Waals surface area contributed by atoms with Crippen LogP contribution in [0.2, 0.25) is 0 Å². The molecule has 3 unspecified atom stereocenters. The molecule has 1 aliphatic carbocycles. The van der Waals surface area contributed by atoms with E-state index in [1.54, 1.807) is 0 Å². The number of nitrogens with one attached hydrogen (secondary N) is 1. The lowest BCUT2D eigenvalue weighted by molar-refractivity contribution is -0.146. The van der Waals surface area contributed by atoms with Gasteiger partial charge >= 0.3 is 5.97 Å². The molecule has 1 saturated heterocycles. The zero-order chi connectivity index (χ0) is 14.0. The average Bonchev–Trinajstić information content (AvgIpc) is 2.96. The maximum absolute atomic E-state index is 12.2. The minimum Gasteiger partial charge on any atom is -0.481 e. The van der Waals surface area contributed by atoms with Crippen molar-refractivity contribution in [3.8, 4) is 0 Å². The van der Waals surface area contributed by atoms with Gasteiger partial charge in [0.15, 0.2) is 0 Å². The van der Waals surface area contributed by atoms with Crippen molar-refractivity contribution >= 4 is 11.9 Å². The van der Waals surface area contributed by atoms with Gasteiger partial charge in [-0.15, -0.1) is 0 Å². The maximum atomic E-state index is 12.2. The summed E-state index contributed by atoms with van der Waals surface area (Å²) in [6.07, 6.45) is 3.34. The smallest absolute Gasteiger partial charge is 0.307 e. The number of hydrogen-bond acceptors (Lipinski definition) is 3. The van der Waals surface area contributed by atoms with Crippen molar-refractivity contribution in [1.29, 1.82) is 0 Å². The number of rotatable bonds is 4. The van der Waals surface area contributed by atoms with Crippen LogP contribution in [-0.2, 0) is 14.3 Å². The molecule has 5 nitrogen and oxygen atoms in total. The van der Waals surface area contributed by atoms with Gasteiger partial charge in [0.1, 0.15) is 0 Å². The van der Waals surface area contributed by atoms with Crippen molar-refractivity contribution in [1.82, 2.24) is 5.32 Å². The Hall–Kier alpha value is -1.10. The second-order valence-corrected chi connectivity index (χ2v) is 5.98. The van der Waals surface area contributed by atoms with Gasteiger partial charge in [0.2, 0.25) is 5.91 Å². The summed E-state index contributed by atoms with van der Waals surface area (Å²) in [5.41, 5.74) is 0. The van der Waals surface area contributed by atoms with E-state index in [9.17, 15) is 14.7 Å². The van der Waals surface area contributed by atoms with Crippen LogP contribution >= 0.6 is 0 Å². The van der Waals surface area contributed by atoms with Gasteiger partial charge in [0, 0.05) is 6.61 Å². The van der Waals surface area contributed by atoms with E-state index >= 15 is 0 Å². The Labute approximate surface area is 113 Å². The molecule has 1 amide bonds. The van der Waals surface area contributed by atoms with Crippen LogP contribution in [0.4, 0.5) is 0 Å². The minimum atomic E-state index is -0.853. The Bertz CT molecular complexity index is 351. The highest BCUT2D eigenvalue weighted by Crippen LogP contribution is 2.36. The molecule has 2 aliphatic rings. The molecule has 1 saturated carbocycles. The zero-order valence-corrected chi connectivity index (χ0v) is 11.6. The van der Waals surface area contributed by atoms with E-state index in [1.165, 1.54) is 0 Å². The molecule has 0 bridgehead atoms. The third-order valence-corrected chi connectivity index (χ3v) is 4.34. The van der Waals surface area contributed by atoms with Crippen molar-refractivity contribution < 1.29 is 19.4 Å². The third-order valence-electron chi connectivity index (χ3n) is 4.34. The van der Waals surface area contributed by atoms with Gasteiger partial charge in [0.25, 0.3) is 0 Å². The van der Waals surface area contributed by atoms with E-state index in [1.807, 2.05) is 13.8 Å². The van der Waals surface area contributed by atoms with Gasteiger partial charge in [-0.05, 0) is 38.5 Å². The predicted molar refractivity (Wildman–Crippen MR) is 69.6 cm³/mol. The third kappa shape index (κ3) is 3.26. The van der Waals surface area contributed by atoms with Crippen molar-refractivity contribution in [2.75, 3.05) is 6.61 Å². The summed E-state index contributed by atoms with van der Waals surface area (Å²) in [6, 6.07) is -0.0413. The van der Waals surface area contributed by atoms with Crippen LogP contribution in [0.5, 0.6) is 0 Å². The van der Waals surface area contributed by atoms with Crippen LogP contribution in [-0.4, -0.2) is 35.7 Å². The van der Waals surface area contributed by atoms with E-state index < -0.39 is 17.8 Å². The number of amides is 1. The lowest BCUT2D eigenvalue weighted by atomic mass is 9.95. The van der Waals surface area contributed by atoms with E-state index in [4.69, 9.17) is 4.74 Å². The Kier molecular flexibility index (Phi) is 4.45. The Morgan fingerprint density at radius 2 is 2.00 bits per heavy atom. The van der Waals surface area contributed by atoms with Gasteiger partial charge in [0.05, 0.1) is 24.0 Å². The minimum absolute atomic E-state index is 0.0413. The summed E-state index contributed by atoms with van der Waals surface area (Å²) in [5, 5.41) is 12.1. The molecule has 0 aromatic carbocycles. The summed E-state index contributed by atoms with van der Waals surface area (Å²) in [5.74, 6) is -1.60. The van der Waals surface area contributed by atoms with E-state index in [-0.39, 0.29) is 18.1 Å². The lowest BCUT2D eigenvalue weighted by Crippen LogP contribution is -2.45. The largest absolute Gasteiger partial charge is 0.481 e. The van der Waals surface area contributed by atoms with Crippen LogP contribution in [0.3, 0.4) is 0 Å². The first-order valence-electron chi connectivity index (χ1n) is 7.13. The van der Waals surface area contributed by atoms with Crippen LogP contribution in [0.15, 0.2) is 0 Å². The first-order valence-corrected chi connectivity index (χ1v) is 7.13. The van der Waals surface area contributed by atoms with Gasteiger partial charge in [-0.3, -0.25) is 9.59 Å². The number of carboxylic acid groups (broad SMARTS) is 1. The van der Waals surface area contributed by atoms with Crippen molar-refractivity contribution in [2.45, 2.75) is 51.7 Å². The molecular weight excluding hydrogens is 246 g/mol. The van der Waals surface area contributed by atoms with Crippen molar-refractivity contribution in [3.63, 3.8) is 0 Å². The molecule has 19 heavy (non-hydrogen) atoms. The van der Waals surface area contributed by atoms with Crippen LogP contribution in [0.1, 0.15) is 39.5 Å². The fourth-order valence-electron chi connectivity index (χ4n) is 3.28. The van der Waals surface area contributed by atoms with Gasteiger partial charge in [-0.25, -0.2) is 0 Å². The topological polar surface area (TPSA) is 75.6 Å². The normalized spacial score (nSPS) is 36.1. The SMILES string of the molecule is CC1C[C@H](C(=O)NC(C)C2CCCO2)[C@H](C(=O)O)C1. The molecular formula is C14H23NO4. The molecule has 5 heteroatoms. The number of carboxylic acids is 1. The zero-order valence-electron chi connectivity index (χ0n) is 11.6. The van der Waals surface area contributed by atoms with Gasteiger partial charge < -0.3 is 15.2 Å². The maximum Gasteiger partial charge on any atom is 0.307 e. The summed E-state index contributed by atoms with van der Waals surface area (Å²) in [6.45, 7) is 4.69. The number of carbonyl (C=O) groups excluding carboxylic acids is 1. The Balaban J connectivity index is 1.92. The fourth-order valence-corrected chi connectivity index (χ4v) is 3.28. The number of ether oxygens (including phenoxy) is 1. The van der Waals surface area contributed by atoms with Crippen LogP contribution in [0.25, 0.3) is 0 Å². The molecule has 0 aromatic heterocycles. The molecule has 0 aromatic rings. The first-order chi connectivity index (χ1) is 8.99. The second kappa shape index (κ2) is 5.90. The number of carbonyl (C=O) groups is 2. The molecule has 5 atom stereocenters. The lowest BCUT2D eigenvalue weighted by Gasteiger charge is -2.23. The summed E-state index contributed by atoms with van der Waals surface area (Å²) >= 11 is 0. The summed E-state index contributed by atoms with van der Waals surface area (Å²) in [7, 11) is 0. The molecule has 2 fully saturated rings. The molecule has 0 radical (unpaired) electrons. The monoisotopic (exact) mass is 269 g/mol. The molecule has 2 rings (SSSR count). The van der Waals surface area contributed by atoms with E-state index in [2.05, 4.69) is 5.32 Å². The molecule has 2 N–H and O–H groups in total. The molecule has 1 heterocycles. The fraction of sp³-hybridized carbons (Fsp3) is 0.857. The van der Waals surface area contributed by atoms with Crippen LogP contribution in [0, 0.1) is 17.8 Å². The highest BCUT2D eigenvalue weighted by atomic mass is 16.5. The van der Waals surface area contributed by atoms with Crippen molar-refractivity contribution in [3.05, 3.63) is 0 Å². The Morgan fingerprint density at radius 1 is 1.32 bits per heavy atom. The standard InChI is InChI=1S/C14H23NO4/c1-8-6-10(11(7-8)14(17)18)13(16)15-9(2)12-4-3-5-19-12/h8-12H,3-7H2,1-2H3,(H,15,16)(H,17,18)/t8?,9?,10-,11+,12?/m0/s1. The first kappa shape index (κ1) is 14.3. The van der Waals surface area contributed by atoms with Gasteiger partial charge in [-0.1, -0.05) is 6.92 Å². The molecule has 1 aliphatic heterocycles. The van der Waals surface area contributed by atoms with E-state index in [0.29, 0.717) is 18.8 Å². The summed E-state index contributed by atoms with van der Waals surface area (Å²) < 4.78 is 5.54. The highest BCUT2D eigenvalue weighted by molar-refractivity contribution is 5.85.